The monoisotopic (exact) mass is 410 g/mol. The fraction of sp³-hybridized carbons (Fsp3) is 0.571. The molecule has 162 valence electrons. The fourth-order valence-electron chi connectivity index (χ4n) is 2.79. The van der Waals surface area contributed by atoms with E-state index in [-0.39, 0.29) is 13.0 Å². The topological polar surface area (TPSA) is 97.4 Å². The minimum atomic E-state index is -2.25. The van der Waals surface area contributed by atoms with Crippen molar-refractivity contribution in [1.82, 2.24) is 0 Å². The molecule has 1 aromatic carbocycles. The molecule has 8 nitrogen and oxygen atoms in total. The van der Waals surface area contributed by atoms with E-state index in [4.69, 9.17) is 9.47 Å². The van der Waals surface area contributed by atoms with Crippen LogP contribution < -0.4 is 4.74 Å². The molecule has 0 N–H and O–H groups in total. The lowest BCUT2D eigenvalue weighted by atomic mass is 9.84. The zero-order valence-corrected chi connectivity index (χ0v) is 17.9. The van der Waals surface area contributed by atoms with Crippen LogP contribution in [-0.2, 0) is 33.3 Å². The van der Waals surface area contributed by atoms with Crippen molar-refractivity contribution < 1.29 is 38.1 Å². The van der Waals surface area contributed by atoms with E-state index in [1.807, 2.05) is 24.3 Å². The van der Waals surface area contributed by atoms with Crippen molar-refractivity contribution in [2.45, 2.75) is 45.8 Å². The molecule has 0 heterocycles. The van der Waals surface area contributed by atoms with Crippen LogP contribution >= 0.6 is 0 Å². The van der Waals surface area contributed by atoms with Gasteiger partial charge in [0.05, 0.1) is 27.9 Å². The second-order valence-electron chi connectivity index (χ2n) is 6.56. The maximum atomic E-state index is 12.2. The number of hydrogen-bond acceptors (Lipinski definition) is 8. The SMILES string of the molecule is CCC(C)c1ccc(OC(C)OCCC(C(=O)OC)(C(=O)OC)C(=O)OC)cc1. The molecule has 2 atom stereocenters. The Kier molecular flexibility index (Phi) is 9.61. The van der Waals surface area contributed by atoms with Crippen LogP contribution in [0, 0.1) is 5.41 Å². The molecule has 0 saturated carbocycles. The van der Waals surface area contributed by atoms with Gasteiger partial charge in [-0.2, -0.15) is 0 Å². The van der Waals surface area contributed by atoms with Gasteiger partial charge in [-0.3, -0.25) is 14.4 Å². The largest absolute Gasteiger partial charge is 0.468 e. The van der Waals surface area contributed by atoms with Crippen LogP contribution in [0.1, 0.15) is 45.1 Å². The third-order valence-corrected chi connectivity index (χ3v) is 4.79. The minimum absolute atomic E-state index is 0.147. The maximum Gasteiger partial charge on any atom is 0.334 e. The predicted molar refractivity (Wildman–Crippen MR) is 104 cm³/mol. The van der Waals surface area contributed by atoms with Crippen LogP contribution in [0.2, 0.25) is 0 Å². The van der Waals surface area contributed by atoms with Gasteiger partial charge in [-0.15, -0.1) is 0 Å². The van der Waals surface area contributed by atoms with Gasteiger partial charge in [-0.1, -0.05) is 26.0 Å². The Morgan fingerprint density at radius 1 is 0.897 bits per heavy atom. The number of methoxy groups -OCH3 is 3. The van der Waals surface area contributed by atoms with Crippen LogP contribution in [0.5, 0.6) is 5.75 Å². The summed E-state index contributed by atoms with van der Waals surface area (Å²) in [5.41, 5.74) is -1.04. The van der Waals surface area contributed by atoms with E-state index in [2.05, 4.69) is 28.1 Å². The molecule has 0 radical (unpaired) electrons. The summed E-state index contributed by atoms with van der Waals surface area (Å²) in [5, 5.41) is 0. The van der Waals surface area contributed by atoms with Gasteiger partial charge in [0.25, 0.3) is 5.41 Å². The number of esters is 3. The molecule has 0 aliphatic rings. The number of hydrogen-bond donors (Lipinski definition) is 0. The van der Waals surface area contributed by atoms with Crippen molar-refractivity contribution in [3.63, 3.8) is 0 Å². The number of benzene rings is 1. The van der Waals surface area contributed by atoms with Crippen molar-refractivity contribution in [3.8, 4) is 5.75 Å². The van der Waals surface area contributed by atoms with Crippen molar-refractivity contribution in [2.75, 3.05) is 27.9 Å². The number of carbonyl (C=O) groups is 3. The number of carbonyl (C=O) groups excluding carboxylic acids is 3. The van der Waals surface area contributed by atoms with Gasteiger partial charge in [0.1, 0.15) is 5.75 Å². The van der Waals surface area contributed by atoms with Crippen molar-refractivity contribution in [1.29, 1.82) is 0 Å². The summed E-state index contributed by atoms with van der Waals surface area (Å²) in [4.78, 5) is 36.6. The van der Waals surface area contributed by atoms with E-state index < -0.39 is 29.6 Å². The average Bonchev–Trinajstić information content (AvgIpc) is 2.75. The lowest BCUT2D eigenvalue weighted by Gasteiger charge is -2.26. The Balaban J connectivity index is 2.77. The molecule has 0 aliphatic heterocycles. The lowest BCUT2D eigenvalue weighted by Crippen LogP contribution is -2.49. The normalized spacial score (nSPS) is 13.2. The third kappa shape index (κ3) is 5.93. The van der Waals surface area contributed by atoms with E-state index in [1.165, 1.54) is 5.56 Å². The second kappa shape index (κ2) is 11.4. The molecule has 29 heavy (non-hydrogen) atoms. The second-order valence-corrected chi connectivity index (χ2v) is 6.56. The molecule has 0 amide bonds. The molecule has 0 spiro atoms. The summed E-state index contributed by atoms with van der Waals surface area (Å²) in [6.07, 6.45) is 0.0388. The molecule has 0 aliphatic carbocycles. The molecule has 0 saturated heterocycles. The quantitative estimate of drug-likeness (QED) is 0.238. The standard InChI is InChI=1S/C21H30O8/c1-7-14(2)16-8-10-17(11-9-16)29-15(3)28-13-12-21(18(22)25-4,19(23)26-5)20(24)27-6/h8-11,14-15H,7,12-13H2,1-6H3. The third-order valence-electron chi connectivity index (χ3n) is 4.79. The van der Waals surface area contributed by atoms with Gasteiger partial charge < -0.3 is 23.7 Å². The summed E-state index contributed by atoms with van der Waals surface area (Å²) >= 11 is 0. The summed E-state index contributed by atoms with van der Waals surface area (Å²) in [7, 11) is 3.20. The Labute approximate surface area is 171 Å². The highest BCUT2D eigenvalue weighted by molar-refractivity contribution is 6.17. The number of ether oxygens (including phenoxy) is 5. The summed E-state index contributed by atoms with van der Waals surface area (Å²) in [6.45, 7) is 5.80. The smallest absolute Gasteiger partial charge is 0.334 e. The Morgan fingerprint density at radius 3 is 1.79 bits per heavy atom. The zero-order chi connectivity index (χ0) is 22.0. The zero-order valence-electron chi connectivity index (χ0n) is 17.9. The molecule has 8 heteroatoms. The molecule has 2 unspecified atom stereocenters. The Morgan fingerprint density at radius 2 is 1.38 bits per heavy atom. The maximum absolute atomic E-state index is 12.2. The van der Waals surface area contributed by atoms with Gasteiger partial charge >= 0.3 is 17.9 Å². The molecule has 1 rings (SSSR count). The van der Waals surface area contributed by atoms with Crippen molar-refractivity contribution in [3.05, 3.63) is 29.8 Å². The summed E-state index contributed by atoms with van der Waals surface area (Å²) in [6, 6.07) is 7.69. The first-order valence-electron chi connectivity index (χ1n) is 9.40. The van der Waals surface area contributed by atoms with E-state index in [0.717, 1.165) is 27.8 Å². The van der Waals surface area contributed by atoms with Gasteiger partial charge in [0.2, 0.25) is 0 Å². The predicted octanol–water partition coefficient (Wildman–Crippen LogP) is 2.84. The van der Waals surface area contributed by atoms with Crippen LogP contribution in [0.15, 0.2) is 24.3 Å². The van der Waals surface area contributed by atoms with Gasteiger partial charge in [-0.25, -0.2) is 0 Å². The van der Waals surface area contributed by atoms with E-state index >= 15 is 0 Å². The highest BCUT2D eigenvalue weighted by atomic mass is 16.7. The van der Waals surface area contributed by atoms with Gasteiger partial charge in [-0.05, 0) is 37.0 Å². The first-order valence-corrected chi connectivity index (χ1v) is 9.40. The van der Waals surface area contributed by atoms with E-state index in [9.17, 15) is 14.4 Å². The van der Waals surface area contributed by atoms with E-state index in [0.29, 0.717) is 11.7 Å². The van der Waals surface area contributed by atoms with Gasteiger partial charge in [0, 0.05) is 6.42 Å². The molecular weight excluding hydrogens is 380 g/mol. The fourth-order valence-corrected chi connectivity index (χ4v) is 2.79. The molecule has 0 fully saturated rings. The van der Waals surface area contributed by atoms with Crippen LogP contribution in [0.3, 0.4) is 0 Å². The van der Waals surface area contributed by atoms with E-state index in [1.54, 1.807) is 6.92 Å². The van der Waals surface area contributed by atoms with Crippen LogP contribution in [0.4, 0.5) is 0 Å². The Bertz CT molecular complexity index is 642. The first-order chi connectivity index (χ1) is 13.8. The summed E-state index contributed by atoms with van der Waals surface area (Å²) in [5.74, 6) is -2.15. The molecule has 0 aromatic heterocycles. The molecule has 0 bridgehead atoms. The first kappa shape index (κ1) is 24.4. The van der Waals surface area contributed by atoms with Crippen LogP contribution in [-0.4, -0.2) is 52.1 Å². The van der Waals surface area contributed by atoms with Gasteiger partial charge in [0.15, 0.2) is 6.29 Å². The minimum Gasteiger partial charge on any atom is -0.468 e. The highest BCUT2D eigenvalue weighted by Gasteiger charge is 2.56. The lowest BCUT2D eigenvalue weighted by molar-refractivity contribution is -0.183. The summed E-state index contributed by atoms with van der Waals surface area (Å²) < 4.78 is 25.1. The van der Waals surface area contributed by atoms with Crippen molar-refractivity contribution in [2.24, 2.45) is 5.41 Å². The highest BCUT2D eigenvalue weighted by Crippen LogP contribution is 2.28. The molecule has 1 aromatic rings. The van der Waals surface area contributed by atoms with Crippen LogP contribution in [0.25, 0.3) is 0 Å². The van der Waals surface area contributed by atoms with Crippen molar-refractivity contribution >= 4 is 17.9 Å². The Hall–Kier alpha value is -2.61. The molecular formula is C21H30O8. The average molecular weight is 410 g/mol. The number of rotatable bonds is 11.